The van der Waals surface area contributed by atoms with E-state index in [0.717, 1.165) is 58.8 Å². The zero-order valence-corrected chi connectivity index (χ0v) is 10.4. The number of rotatable bonds is 3. The van der Waals surface area contributed by atoms with Crippen LogP contribution in [0.5, 0.6) is 0 Å². The number of hydrogen-bond acceptors (Lipinski definition) is 4. The van der Waals surface area contributed by atoms with Crippen LogP contribution in [0, 0.1) is 0 Å². The zero-order valence-electron chi connectivity index (χ0n) is 10.4. The van der Waals surface area contributed by atoms with Gasteiger partial charge in [0.2, 0.25) is 0 Å². The number of amides is 1. The average molecular weight is 242 g/mol. The molecule has 0 spiro atoms. The predicted molar refractivity (Wildman–Crippen MR) is 64.0 cm³/mol. The Hall–Kier alpha value is -0.810. The molecule has 0 aromatic carbocycles. The highest BCUT2D eigenvalue weighted by Crippen LogP contribution is 2.09. The molecule has 5 heteroatoms. The highest BCUT2D eigenvalue weighted by molar-refractivity contribution is 5.67. The Bertz CT molecular complexity index is 236. The van der Waals surface area contributed by atoms with Gasteiger partial charge in [0.1, 0.15) is 6.61 Å². The lowest BCUT2D eigenvalue weighted by Crippen LogP contribution is -2.40. The Morgan fingerprint density at radius 2 is 1.76 bits per heavy atom. The molecule has 0 aliphatic carbocycles. The Labute approximate surface area is 103 Å². The SMILES string of the molecule is O=C(OCCN1CCOCC1)N1CCCCC1. The van der Waals surface area contributed by atoms with Gasteiger partial charge in [-0.3, -0.25) is 4.90 Å². The number of piperidine rings is 1. The summed E-state index contributed by atoms with van der Waals surface area (Å²) in [5.74, 6) is 0. The fourth-order valence-electron chi connectivity index (χ4n) is 2.25. The molecule has 2 rings (SSSR count). The summed E-state index contributed by atoms with van der Waals surface area (Å²) in [5, 5.41) is 0. The van der Waals surface area contributed by atoms with Crippen LogP contribution in [-0.2, 0) is 9.47 Å². The lowest BCUT2D eigenvalue weighted by molar-refractivity contribution is 0.0241. The number of nitrogens with zero attached hydrogens (tertiary/aromatic N) is 2. The minimum Gasteiger partial charge on any atom is -0.448 e. The smallest absolute Gasteiger partial charge is 0.409 e. The van der Waals surface area contributed by atoms with Crippen molar-refractivity contribution in [3.05, 3.63) is 0 Å². The molecule has 0 aromatic rings. The maximum Gasteiger partial charge on any atom is 0.409 e. The van der Waals surface area contributed by atoms with Crippen LogP contribution >= 0.6 is 0 Å². The normalized spacial score (nSPS) is 22.5. The first-order valence-corrected chi connectivity index (χ1v) is 6.58. The van der Waals surface area contributed by atoms with Gasteiger partial charge in [-0.05, 0) is 19.3 Å². The summed E-state index contributed by atoms with van der Waals surface area (Å²) in [6.07, 6.45) is 3.31. The molecular formula is C12H22N2O3. The predicted octanol–water partition coefficient (Wildman–Crippen LogP) is 0.941. The van der Waals surface area contributed by atoms with Gasteiger partial charge < -0.3 is 14.4 Å². The molecule has 1 amide bonds. The molecule has 2 heterocycles. The quantitative estimate of drug-likeness (QED) is 0.738. The van der Waals surface area contributed by atoms with Crippen LogP contribution in [0.1, 0.15) is 19.3 Å². The van der Waals surface area contributed by atoms with E-state index in [1.54, 1.807) is 0 Å². The van der Waals surface area contributed by atoms with Crippen molar-refractivity contribution in [2.24, 2.45) is 0 Å². The van der Waals surface area contributed by atoms with E-state index in [4.69, 9.17) is 9.47 Å². The maximum atomic E-state index is 11.7. The minimum atomic E-state index is -0.141. The van der Waals surface area contributed by atoms with Crippen LogP contribution in [0.15, 0.2) is 0 Å². The van der Waals surface area contributed by atoms with Crippen LogP contribution in [-0.4, -0.2) is 68.4 Å². The van der Waals surface area contributed by atoms with Crippen molar-refractivity contribution in [1.82, 2.24) is 9.80 Å². The standard InChI is InChI=1S/C12H22N2O3/c15-12(14-4-2-1-3-5-14)17-11-8-13-6-9-16-10-7-13/h1-11H2. The third-order valence-corrected chi connectivity index (χ3v) is 3.35. The summed E-state index contributed by atoms with van der Waals surface area (Å²) in [6, 6.07) is 0. The first-order valence-electron chi connectivity index (χ1n) is 6.58. The molecule has 0 unspecified atom stereocenters. The molecule has 98 valence electrons. The van der Waals surface area contributed by atoms with Crippen molar-refractivity contribution in [1.29, 1.82) is 0 Å². The van der Waals surface area contributed by atoms with Gasteiger partial charge in [0, 0.05) is 32.7 Å². The molecule has 0 atom stereocenters. The van der Waals surface area contributed by atoms with Crippen molar-refractivity contribution in [2.75, 3.05) is 52.5 Å². The van der Waals surface area contributed by atoms with Gasteiger partial charge in [0.15, 0.2) is 0 Å². The van der Waals surface area contributed by atoms with Crippen LogP contribution < -0.4 is 0 Å². The van der Waals surface area contributed by atoms with Crippen LogP contribution in [0.3, 0.4) is 0 Å². The second-order valence-corrected chi connectivity index (χ2v) is 4.62. The number of ether oxygens (including phenoxy) is 2. The van der Waals surface area contributed by atoms with Gasteiger partial charge in [-0.2, -0.15) is 0 Å². The Kier molecular flexibility index (Phi) is 5.07. The second kappa shape index (κ2) is 6.81. The molecular weight excluding hydrogens is 220 g/mol. The molecule has 2 fully saturated rings. The van der Waals surface area contributed by atoms with Crippen LogP contribution in [0.4, 0.5) is 4.79 Å². The van der Waals surface area contributed by atoms with Gasteiger partial charge in [-0.1, -0.05) is 0 Å². The van der Waals surface area contributed by atoms with Gasteiger partial charge >= 0.3 is 6.09 Å². The van der Waals surface area contributed by atoms with E-state index in [-0.39, 0.29) is 6.09 Å². The molecule has 2 saturated heterocycles. The molecule has 0 saturated carbocycles. The Balaban J connectivity index is 1.58. The molecule has 0 bridgehead atoms. The molecule has 0 N–H and O–H groups in total. The third-order valence-electron chi connectivity index (χ3n) is 3.35. The molecule has 0 radical (unpaired) electrons. The number of hydrogen-bond donors (Lipinski definition) is 0. The lowest BCUT2D eigenvalue weighted by atomic mass is 10.1. The summed E-state index contributed by atoms with van der Waals surface area (Å²) in [7, 11) is 0. The van der Waals surface area contributed by atoms with Gasteiger partial charge in [-0.15, -0.1) is 0 Å². The average Bonchev–Trinajstić information content (AvgIpc) is 2.41. The minimum absolute atomic E-state index is 0.141. The highest BCUT2D eigenvalue weighted by atomic mass is 16.6. The summed E-state index contributed by atoms with van der Waals surface area (Å²) in [5.41, 5.74) is 0. The van der Waals surface area contributed by atoms with Gasteiger partial charge in [0.25, 0.3) is 0 Å². The van der Waals surface area contributed by atoms with E-state index in [0.29, 0.717) is 6.61 Å². The first kappa shape index (κ1) is 12.6. The van der Waals surface area contributed by atoms with E-state index in [2.05, 4.69) is 4.90 Å². The Morgan fingerprint density at radius 1 is 1.06 bits per heavy atom. The fourth-order valence-corrected chi connectivity index (χ4v) is 2.25. The van der Waals surface area contributed by atoms with E-state index >= 15 is 0 Å². The van der Waals surface area contributed by atoms with E-state index in [1.807, 2.05) is 4.90 Å². The van der Waals surface area contributed by atoms with Crippen LogP contribution in [0.25, 0.3) is 0 Å². The molecule has 2 aliphatic heterocycles. The lowest BCUT2D eigenvalue weighted by Gasteiger charge is -2.28. The zero-order chi connectivity index (χ0) is 11.9. The highest BCUT2D eigenvalue weighted by Gasteiger charge is 2.18. The number of morpholine rings is 1. The van der Waals surface area contributed by atoms with Crippen molar-refractivity contribution in [3.63, 3.8) is 0 Å². The first-order chi connectivity index (χ1) is 8.36. The second-order valence-electron chi connectivity index (χ2n) is 4.62. The van der Waals surface area contributed by atoms with Crippen molar-refractivity contribution < 1.29 is 14.3 Å². The largest absolute Gasteiger partial charge is 0.448 e. The molecule has 5 nitrogen and oxygen atoms in total. The monoisotopic (exact) mass is 242 g/mol. The number of carbonyl (C=O) groups is 1. The topological polar surface area (TPSA) is 42.0 Å². The summed E-state index contributed by atoms with van der Waals surface area (Å²) in [6.45, 7) is 6.51. The summed E-state index contributed by atoms with van der Waals surface area (Å²) < 4.78 is 10.6. The summed E-state index contributed by atoms with van der Waals surface area (Å²) in [4.78, 5) is 15.8. The summed E-state index contributed by atoms with van der Waals surface area (Å²) >= 11 is 0. The number of carbonyl (C=O) groups excluding carboxylic acids is 1. The maximum absolute atomic E-state index is 11.7. The van der Waals surface area contributed by atoms with Crippen LogP contribution in [0.2, 0.25) is 0 Å². The third kappa shape index (κ3) is 4.16. The van der Waals surface area contributed by atoms with Gasteiger partial charge in [-0.25, -0.2) is 4.79 Å². The number of likely N-dealkylation sites (tertiary alicyclic amines) is 1. The molecule has 2 aliphatic rings. The van der Waals surface area contributed by atoms with E-state index in [9.17, 15) is 4.79 Å². The molecule has 17 heavy (non-hydrogen) atoms. The van der Waals surface area contributed by atoms with E-state index < -0.39 is 0 Å². The fraction of sp³-hybridized carbons (Fsp3) is 0.917. The van der Waals surface area contributed by atoms with Crippen molar-refractivity contribution >= 4 is 6.09 Å². The molecule has 0 aromatic heterocycles. The van der Waals surface area contributed by atoms with Gasteiger partial charge in [0.05, 0.1) is 13.2 Å². The van der Waals surface area contributed by atoms with E-state index in [1.165, 1.54) is 6.42 Å². The van der Waals surface area contributed by atoms with Crippen molar-refractivity contribution in [2.45, 2.75) is 19.3 Å². The Morgan fingerprint density at radius 3 is 2.47 bits per heavy atom. The van der Waals surface area contributed by atoms with Crippen molar-refractivity contribution in [3.8, 4) is 0 Å².